The summed E-state index contributed by atoms with van der Waals surface area (Å²) in [5.41, 5.74) is -1.57. The molecule has 1 N–H and O–H groups in total. The van der Waals surface area contributed by atoms with Crippen molar-refractivity contribution in [3.8, 4) is 10.6 Å². The highest BCUT2D eigenvalue weighted by atomic mass is 35.5. The van der Waals surface area contributed by atoms with Crippen LogP contribution in [0.3, 0.4) is 0 Å². The molecule has 28 heavy (non-hydrogen) atoms. The fourth-order valence-electron chi connectivity index (χ4n) is 2.45. The molecule has 2 heterocycles. The van der Waals surface area contributed by atoms with Gasteiger partial charge in [-0.05, 0) is 43.3 Å². The predicted octanol–water partition coefficient (Wildman–Crippen LogP) is 4.59. The molecule has 0 radical (unpaired) electrons. The Morgan fingerprint density at radius 1 is 1.21 bits per heavy atom. The van der Waals surface area contributed by atoms with Crippen LogP contribution in [-0.2, 0) is 17.5 Å². The van der Waals surface area contributed by atoms with E-state index in [1.165, 1.54) is 29.5 Å². The third kappa shape index (κ3) is 4.60. The number of benzene rings is 1. The summed E-state index contributed by atoms with van der Waals surface area (Å²) in [6, 6.07) is 9.53. The van der Waals surface area contributed by atoms with Gasteiger partial charge < -0.3 is 5.32 Å². The smallest absolute Gasteiger partial charge is 0.324 e. The van der Waals surface area contributed by atoms with Gasteiger partial charge in [-0.2, -0.15) is 18.3 Å². The van der Waals surface area contributed by atoms with Crippen molar-refractivity contribution in [1.82, 2.24) is 9.78 Å². The van der Waals surface area contributed by atoms with Crippen molar-refractivity contribution in [1.29, 1.82) is 0 Å². The molecule has 5 nitrogen and oxygen atoms in total. The number of rotatable bonds is 4. The quantitative estimate of drug-likeness (QED) is 0.662. The van der Waals surface area contributed by atoms with Crippen LogP contribution >= 0.6 is 22.9 Å². The molecule has 0 atom stereocenters. The number of aryl methyl sites for hydroxylation is 1. The maximum atomic E-state index is 13.1. The first-order valence-corrected chi connectivity index (χ1v) is 9.14. The van der Waals surface area contributed by atoms with E-state index < -0.39 is 35.4 Å². The first-order valence-electron chi connectivity index (χ1n) is 7.95. The molecule has 0 aliphatic rings. The minimum atomic E-state index is -4.69. The molecule has 0 aliphatic heterocycles. The van der Waals surface area contributed by atoms with Gasteiger partial charge in [0.2, 0.25) is 5.91 Å². The van der Waals surface area contributed by atoms with Crippen molar-refractivity contribution in [2.75, 3.05) is 5.32 Å². The lowest BCUT2D eigenvalue weighted by molar-refractivity contribution is -0.137. The van der Waals surface area contributed by atoms with Crippen LogP contribution in [-0.4, -0.2) is 15.7 Å². The Kier molecular flexibility index (Phi) is 5.57. The monoisotopic (exact) mass is 427 g/mol. The zero-order valence-corrected chi connectivity index (χ0v) is 16.0. The molecule has 1 aromatic carbocycles. The van der Waals surface area contributed by atoms with Gasteiger partial charge in [0.25, 0.3) is 5.56 Å². The number of carbonyl (C=O) groups is 1. The number of hydrogen-bond donors (Lipinski definition) is 1. The first kappa shape index (κ1) is 20.1. The van der Waals surface area contributed by atoms with Crippen molar-refractivity contribution in [3.63, 3.8) is 0 Å². The van der Waals surface area contributed by atoms with Gasteiger partial charge in [-0.25, -0.2) is 4.68 Å². The van der Waals surface area contributed by atoms with Crippen LogP contribution in [0.2, 0.25) is 5.02 Å². The molecule has 3 rings (SSSR count). The lowest BCUT2D eigenvalue weighted by Gasteiger charge is -2.14. The Hall–Kier alpha value is -2.65. The van der Waals surface area contributed by atoms with Gasteiger partial charge in [0.05, 0.1) is 16.1 Å². The Balaban J connectivity index is 1.84. The average molecular weight is 428 g/mol. The molecule has 2 aromatic heterocycles. The fourth-order valence-corrected chi connectivity index (χ4v) is 3.46. The Labute approximate surface area is 166 Å². The molecule has 0 fully saturated rings. The standard InChI is InChI=1S/C18H13ClF3N3O2S/c1-10-2-6-15(28-10)14-5-7-17(27)25(24-14)9-16(26)23-13-4-3-11(19)8-12(13)18(20,21)22/h2-8H,9H2,1H3,(H,23,26). The van der Waals surface area contributed by atoms with Gasteiger partial charge >= 0.3 is 6.18 Å². The second kappa shape index (κ2) is 7.76. The Morgan fingerprint density at radius 3 is 2.61 bits per heavy atom. The van der Waals surface area contributed by atoms with Crippen LogP contribution < -0.4 is 10.9 Å². The highest BCUT2D eigenvalue weighted by Crippen LogP contribution is 2.36. The number of amides is 1. The van der Waals surface area contributed by atoms with E-state index in [-0.39, 0.29) is 5.02 Å². The van der Waals surface area contributed by atoms with E-state index >= 15 is 0 Å². The van der Waals surface area contributed by atoms with Crippen LogP contribution in [0.15, 0.2) is 47.3 Å². The lowest BCUT2D eigenvalue weighted by Crippen LogP contribution is -2.29. The predicted molar refractivity (Wildman–Crippen MR) is 102 cm³/mol. The van der Waals surface area contributed by atoms with Crippen molar-refractivity contribution in [3.05, 3.63) is 68.3 Å². The van der Waals surface area contributed by atoms with Crippen molar-refractivity contribution >= 4 is 34.5 Å². The average Bonchev–Trinajstić information content (AvgIpc) is 3.04. The van der Waals surface area contributed by atoms with Gasteiger partial charge in [-0.1, -0.05) is 11.6 Å². The number of aromatic nitrogens is 2. The Morgan fingerprint density at radius 2 is 1.96 bits per heavy atom. The zero-order valence-electron chi connectivity index (χ0n) is 14.4. The van der Waals surface area contributed by atoms with Crippen LogP contribution in [0.25, 0.3) is 10.6 Å². The number of carbonyl (C=O) groups excluding carboxylic acids is 1. The van der Waals surface area contributed by atoms with E-state index in [0.717, 1.165) is 26.6 Å². The van der Waals surface area contributed by atoms with E-state index in [1.807, 2.05) is 19.1 Å². The highest BCUT2D eigenvalue weighted by Gasteiger charge is 2.34. The summed E-state index contributed by atoms with van der Waals surface area (Å²) in [6.07, 6.45) is -4.69. The summed E-state index contributed by atoms with van der Waals surface area (Å²) >= 11 is 7.09. The number of anilines is 1. The minimum Gasteiger partial charge on any atom is -0.324 e. The summed E-state index contributed by atoms with van der Waals surface area (Å²) in [5, 5.41) is 6.19. The number of nitrogens with one attached hydrogen (secondary N) is 1. The summed E-state index contributed by atoms with van der Waals surface area (Å²) in [5.74, 6) is -0.818. The molecule has 0 bridgehead atoms. The third-order valence-corrected chi connectivity index (χ3v) is 4.97. The highest BCUT2D eigenvalue weighted by molar-refractivity contribution is 7.15. The normalized spacial score (nSPS) is 11.5. The summed E-state index contributed by atoms with van der Waals surface area (Å²) in [6.45, 7) is 1.39. The molecule has 146 valence electrons. The van der Waals surface area contributed by atoms with Crippen molar-refractivity contribution < 1.29 is 18.0 Å². The summed E-state index contributed by atoms with van der Waals surface area (Å²) < 4.78 is 40.3. The maximum absolute atomic E-state index is 13.1. The van der Waals surface area contributed by atoms with Gasteiger partial charge in [0.15, 0.2) is 0 Å². The minimum absolute atomic E-state index is 0.109. The summed E-state index contributed by atoms with van der Waals surface area (Å²) in [7, 11) is 0. The second-order valence-electron chi connectivity index (χ2n) is 5.86. The fraction of sp³-hybridized carbons (Fsp3) is 0.167. The number of halogens is 4. The topological polar surface area (TPSA) is 64.0 Å². The van der Waals surface area contributed by atoms with E-state index in [9.17, 15) is 22.8 Å². The van der Waals surface area contributed by atoms with Gasteiger partial charge in [-0.3, -0.25) is 9.59 Å². The van der Waals surface area contributed by atoms with Gasteiger partial charge in [0, 0.05) is 16.0 Å². The zero-order chi connectivity index (χ0) is 20.5. The summed E-state index contributed by atoms with van der Waals surface area (Å²) in [4.78, 5) is 26.1. The SMILES string of the molecule is Cc1ccc(-c2ccc(=O)n(CC(=O)Nc3ccc(Cl)cc3C(F)(F)F)n2)s1. The maximum Gasteiger partial charge on any atom is 0.418 e. The van der Waals surface area contributed by atoms with Gasteiger partial charge in [-0.15, -0.1) is 11.3 Å². The van der Waals surface area contributed by atoms with Gasteiger partial charge in [0.1, 0.15) is 12.2 Å². The third-order valence-electron chi connectivity index (χ3n) is 3.71. The van der Waals surface area contributed by atoms with E-state index in [0.29, 0.717) is 5.69 Å². The number of hydrogen-bond acceptors (Lipinski definition) is 4. The number of thiophene rings is 1. The van der Waals surface area contributed by atoms with Crippen LogP contribution in [0.5, 0.6) is 0 Å². The molecule has 3 aromatic rings. The molecular formula is C18H13ClF3N3O2S. The largest absolute Gasteiger partial charge is 0.418 e. The molecule has 1 amide bonds. The molecule has 10 heteroatoms. The first-order chi connectivity index (χ1) is 13.1. The molecule has 0 aliphatic carbocycles. The lowest BCUT2D eigenvalue weighted by atomic mass is 10.1. The molecular weight excluding hydrogens is 415 g/mol. The molecule has 0 saturated carbocycles. The van der Waals surface area contributed by atoms with Crippen molar-refractivity contribution in [2.45, 2.75) is 19.6 Å². The molecule has 0 saturated heterocycles. The van der Waals surface area contributed by atoms with Crippen LogP contribution in [0.1, 0.15) is 10.4 Å². The Bertz CT molecular complexity index is 1090. The van der Waals surface area contributed by atoms with E-state index in [4.69, 9.17) is 11.6 Å². The second-order valence-corrected chi connectivity index (χ2v) is 7.58. The molecule has 0 spiro atoms. The van der Waals surface area contributed by atoms with Crippen LogP contribution in [0, 0.1) is 6.92 Å². The van der Waals surface area contributed by atoms with E-state index in [2.05, 4.69) is 10.4 Å². The van der Waals surface area contributed by atoms with Crippen LogP contribution in [0.4, 0.5) is 18.9 Å². The number of alkyl halides is 3. The molecule has 0 unspecified atom stereocenters. The van der Waals surface area contributed by atoms with E-state index in [1.54, 1.807) is 0 Å². The number of nitrogens with zero attached hydrogens (tertiary/aromatic N) is 2. The van der Waals surface area contributed by atoms with Crippen molar-refractivity contribution in [2.24, 2.45) is 0 Å².